The number of aromatic nitrogens is 1. The molecule has 1 aromatic heterocycles. The van der Waals surface area contributed by atoms with E-state index in [1.165, 1.54) is 7.11 Å². The number of methoxy groups -OCH3 is 1. The zero-order valence-corrected chi connectivity index (χ0v) is 15.6. The van der Waals surface area contributed by atoms with Gasteiger partial charge >= 0.3 is 5.97 Å². The molecular weight excluding hydrogens is 342 g/mol. The quantitative estimate of drug-likeness (QED) is 0.566. The zero-order chi connectivity index (χ0) is 19.1. The van der Waals surface area contributed by atoms with E-state index in [9.17, 15) is 4.79 Å². The molecule has 0 bridgehead atoms. The molecule has 1 atom stereocenters. The number of hydrogen-bond donors (Lipinski definition) is 0. The van der Waals surface area contributed by atoms with Crippen molar-refractivity contribution in [1.82, 2.24) is 4.98 Å². The highest BCUT2D eigenvalue weighted by atomic mass is 16.6. The fourth-order valence-corrected chi connectivity index (χ4v) is 2.84. The van der Waals surface area contributed by atoms with Crippen LogP contribution in [-0.4, -0.2) is 30.8 Å². The normalized spacial score (nSPS) is 11.9. The Morgan fingerprint density at radius 1 is 1.07 bits per heavy atom. The molecule has 0 fully saturated rings. The zero-order valence-electron chi connectivity index (χ0n) is 15.6. The lowest BCUT2D eigenvalue weighted by Gasteiger charge is -2.15. The maximum Gasteiger partial charge on any atom is 0.335 e. The Bertz CT molecular complexity index is 892. The van der Waals surface area contributed by atoms with Crippen LogP contribution in [0.5, 0.6) is 5.75 Å². The topological polar surface area (TPSA) is 57.7 Å². The minimum atomic E-state index is -0.588. The van der Waals surface area contributed by atoms with E-state index in [4.69, 9.17) is 14.2 Å². The molecule has 0 amide bonds. The van der Waals surface area contributed by atoms with E-state index in [1.807, 2.05) is 61.7 Å². The SMILES string of the molecule is CCOC(Cc1ccc(OCc2cnc3ccccc3c2)cc1)C(=O)OC. The average molecular weight is 365 g/mol. The number of rotatable bonds is 8. The molecule has 2 aromatic carbocycles. The van der Waals surface area contributed by atoms with E-state index in [0.717, 1.165) is 27.8 Å². The van der Waals surface area contributed by atoms with Gasteiger partial charge < -0.3 is 14.2 Å². The van der Waals surface area contributed by atoms with Crippen molar-refractivity contribution in [2.75, 3.05) is 13.7 Å². The second-order valence-electron chi connectivity index (χ2n) is 6.14. The van der Waals surface area contributed by atoms with Gasteiger partial charge in [-0.3, -0.25) is 4.98 Å². The third kappa shape index (κ3) is 5.05. The molecule has 0 N–H and O–H groups in total. The highest BCUT2D eigenvalue weighted by Crippen LogP contribution is 2.18. The summed E-state index contributed by atoms with van der Waals surface area (Å²) in [7, 11) is 1.37. The maximum absolute atomic E-state index is 11.7. The van der Waals surface area contributed by atoms with Crippen molar-refractivity contribution in [1.29, 1.82) is 0 Å². The van der Waals surface area contributed by atoms with Crippen LogP contribution in [0.25, 0.3) is 10.9 Å². The van der Waals surface area contributed by atoms with E-state index in [0.29, 0.717) is 19.6 Å². The molecule has 1 unspecified atom stereocenters. The van der Waals surface area contributed by atoms with Gasteiger partial charge in [-0.1, -0.05) is 30.3 Å². The molecule has 3 rings (SSSR count). The second-order valence-corrected chi connectivity index (χ2v) is 6.14. The van der Waals surface area contributed by atoms with Crippen LogP contribution in [0.15, 0.2) is 60.8 Å². The summed E-state index contributed by atoms with van der Waals surface area (Å²) in [5.74, 6) is 0.402. The first-order valence-corrected chi connectivity index (χ1v) is 8.94. The fourth-order valence-electron chi connectivity index (χ4n) is 2.84. The smallest absolute Gasteiger partial charge is 0.335 e. The Morgan fingerprint density at radius 2 is 1.85 bits per heavy atom. The van der Waals surface area contributed by atoms with Crippen LogP contribution < -0.4 is 4.74 Å². The van der Waals surface area contributed by atoms with Crippen LogP contribution in [-0.2, 0) is 27.3 Å². The number of nitrogens with zero attached hydrogens (tertiary/aromatic N) is 1. The maximum atomic E-state index is 11.7. The molecule has 0 aliphatic carbocycles. The van der Waals surface area contributed by atoms with Crippen LogP contribution in [0.2, 0.25) is 0 Å². The predicted molar refractivity (Wildman–Crippen MR) is 104 cm³/mol. The Labute approximate surface area is 158 Å². The number of fused-ring (bicyclic) bond motifs is 1. The number of carbonyl (C=O) groups excluding carboxylic acids is 1. The standard InChI is InChI=1S/C22H23NO4/c1-3-26-21(22(24)25-2)13-16-8-10-19(11-9-16)27-15-17-12-18-6-4-5-7-20(18)23-14-17/h4-12,14,21H,3,13,15H2,1-2H3. The first-order valence-electron chi connectivity index (χ1n) is 8.94. The number of ether oxygens (including phenoxy) is 3. The van der Waals surface area contributed by atoms with Crippen LogP contribution in [0.3, 0.4) is 0 Å². The molecule has 0 aliphatic heterocycles. The minimum absolute atomic E-state index is 0.360. The monoisotopic (exact) mass is 365 g/mol. The molecule has 0 spiro atoms. The summed E-state index contributed by atoms with van der Waals surface area (Å²) in [5.41, 5.74) is 2.97. The fraction of sp³-hybridized carbons (Fsp3) is 0.273. The van der Waals surface area contributed by atoms with Gasteiger partial charge in [0.25, 0.3) is 0 Å². The van der Waals surface area contributed by atoms with Gasteiger partial charge in [0.05, 0.1) is 12.6 Å². The molecule has 0 saturated carbocycles. The van der Waals surface area contributed by atoms with Gasteiger partial charge in [-0.25, -0.2) is 4.79 Å². The molecule has 1 heterocycles. The molecule has 5 heteroatoms. The third-order valence-electron chi connectivity index (χ3n) is 4.23. The van der Waals surface area contributed by atoms with Gasteiger partial charge in [-0.2, -0.15) is 0 Å². The van der Waals surface area contributed by atoms with E-state index in [2.05, 4.69) is 11.1 Å². The van der Waals surface area contributed by atoms with Gasteiger partial charge in [-0.15, -0.1) is 0 Å². The summed E-state index contributed by atoms with van der Waals surface area (Å²) in [6, 6.07) is 17.7. The molecule has 140 valence electrons. The van der Waals surface area contributed by atoms with Crippen molar-refractivity contribution in [3.8, 4) is 5.75 Å². The summed E-state index contributed by atoms with van der Waals surface area (Å²) >= 11 is 0. The molecule has 5 nitrogen and oxygen atoms in total. The lowest BCUT2D eigenvalue weighted by atomic mass is 10.1. The Balaban J connectivity index is 1.60. The van der Waals surface area contributed by atoms with E-state index < -0.39 is 6.10 Å². The molecule has 3 aromatic rings. The number of para-hydroxylation sites is 1. The van der Waals surface area contributed by atoms with Gasteiger partial charge in [-0.05, 0) is 36.8 Å². The summed E-state index contributed by atoms with van der Waals surface area (Å²) in [5, 5.41) is 1.10. The van der Waals surface area contributed by atoms with Gasteiger partial charge in [0, 0.05) is 30.2 Å². The van der Waals surface area contributed by atoms with E-state index in [-0.39, 0.29) is 5.97 Å². The van der Waals surface area contributed by atoms with Crippen molar-refractivity contribution in [2.45, 2.75) is 26.1 Å². The van der Waals surface area contributed by atoms with Gasteiger partial charge in [0.15, 0.2) is 6.10 Å². The minimum Gasteiger partial charge on any atom is -0.489 e. The molecule has 27 heavy (non-hydrogen) atoms. The number of hydrogen-bond acceptors (Lipinski definition) is 5. The number of benzene rings is 2. The highest BCUT2D eigenvalue weighted by Gasteiger charge is 2.19. The first kappa shape index (κ1) is 18.9. The van der Waals surface area contributed by atoms with E-state index >= 15 is 0 Å². The second kappa shape index (κ2) is 9.14. The van der Waals surface area contributed by atoms with Crippen LogP contribution in [0, 0.1) is 0 Å². The van der Waals surface area contributed by atoms with Crippen molar-refractivity contribution >= 4 is 16.9 Å². The first-order chi connectivity index (χ1) is 13.2. The van der Waals surface area contributed by atoms with Crippen LogP contribution >= 0.6 is 0 Å². The van der Waals surface area contributed by atoms with E-state index in [1.54, 1.807) is 0 Å². The summed E-state index contributed by atoms with van der Waals surface area (Å²) in [6.45, 7) is 2.76. The van der Waals surface area contributed by atoms with Gasteiger partial charge in [0.1, 0.15) is 12.4 Å². The van der Waals surface area contributed by atoms with Crippen molar-refractivity contribution in [3.63, 3.8) is 0 Å². The Hall–Kier alpha value is -2.92. The average Bonchev–Trinajstić information content (AvgIpc) is 2.72. The predicted octanol–water partition coefficient (Wildman–Crippen LogP) is 3.93. The lowest BCUT2D eigenvalue weighted by molar-refractivity contribution is -0.153. The summed E-state index contributed by atoms with van der Waals surface area (Å²) in [4.78, 5) is 16.2. The molecule has 0 saturated heterocycles. The highest BCUT2D eigenvalue weighted by molar-refractivity contribution is 5.78. The lowest BCUT2D eigenvalue weighted by Crippen LogP contribution is -2.28. The Kier molecular flexibility index (Phi) is 6.39. The van der Waals surface area contributed by atoms with Crippen molar-refractivity contribution in [2.24, 2.45) is 0 Å². The molecule has 0 radical (unpaired) electrons. The number of esters is 1. The van der Waals surface area contributed by atoms with Gasteiger partial charge in [0.2, 0.25) is 0 Å². The number of pyridine rings is 1. The third-order valence-corrected chi connectivity index (χ3v) is 4.23. The van der Waals surface area contributed by atoms with Crippen molar-refractivity contribution < 1.29 is 19.0 Å². The molecular formula is C22H23NO4. The van der Waals surface area contributed by atoms with Crippen molar-refractivity contribution in [3.05, 3.63) is 71.9 Å². The largest absolute Gasteiger partial charge is 0.489 e. The number of carbonyl (C=O) groups is 1. The van der Waals surface area contributed by atoms with Crippen LogP contribution in [0.1, 0.15) is 18.1 Å². The van der Waals surface area contributed by atoms with Crippen LogP contribution in [0.4, 0.5) is 0 Å². The summed E-state index contributed by atoms with van der Waals surface area (Å²) < 4.78 is 16.1. The Morgan fingerprint density at radius 3 is 2.59 bits per heavy atom. The molecule has 0 aliphatic rings. The summed E-state index contributed by atoms with van der Waals surface area (Å²) in [6.07, 6.45) is 1.71.